The molecule has 0 amide bonds. The van der Waals surface area contributed by atoms with Crippen molar-refractivity contribution in [2.45, 2.75) is 6.54 Å². The number of nitrogens with one attached hydrogen (secondary N) is 1. The number of benzene rings is 2. The van der Waals surface area contributed by atoms with Gasteiger partial charge in [-0.15, -0.1) is 0 Å². The number of hydrogen-bond acceptors (Lipinski definition) is 3. The standard InChI is InChI=1S/C15H12BrF2NO2/c16-11-2-3-12(17)10(15(11)18)8-19-9-1-4-13-14(7-9)21-6-5-20-13/h1-4,7,19H,5-6,8H2. The molecule has 0 bridgehead atoms. The smallest absolute Gasteiger partial charge is 0.163 e. The number of hydrogen-bond donors (Lipinski definition) is 1. The molecule has 0 radical (unpaired) electrons. The van der Waals surface area contributed by atoms with E-state index in [1.54, 1.807) is 18.2 Å². The molecule has 1 aliphatic rings. The Labute approximate surface area is 129 Å². The van der Waals surface area contributed by atoms with Crippen LogP contribution >= 0.6 is 15.9 Å². The average Bonchev–Trinajstić information content (AvgIpc) is 2.51. The molecule has 6 heteroatoms. The first kappa shape index (κ1) is 14.1. The number of ether oxygens (including phenoxy) is 2. The Bertz CT molecular complexity index is 679. The van der Waals surface area contributed by atoms with E-state index in [1.807, 2.05) is 0 Å². The van der Waals surface area contributed by atoms with Gasteiger partial charge in [0.25, 0.3) is 0 Å². The maximum atomic E-state index is 13.9. The molecule has 2 aromatic carbocycles. The molecule has 1 heterocycles. The Morgan fingerprint density at radius 1 is 1.05 bits per heavy atom. The summed E-state index contributed by atoms with van der Waals surface area (Å²) in [7, 11) is 0. The zero-order valence-electron chi connectivity index (χ0n) is 11.0. The van der Waals surface area contributed by atoms with E-state index in [4.69, 9.17) is 9.47 Å². The Morgan fingerprint density at radius 3 is 2.62 bits per heavy atom. The van der Waals surface area contributed by atoms with Gasteiger partial charge in [-0.3, -0.25) is 0 Å². The van der Waals surface area contributed by atoms with Crippen molar-refractivity contribution in [3.63, 3.8) is 0 Å². The predicted octanol–water partition coefficient (Wildman–Crippen LogP) is 4.11. The maximum Gasteiger partial charge on any atom is 0.163 e. The quantitative estimate of drug-likeness (QED) is 0.840. The first-order valence-electron chi connectivity index (χ1n) is 6.41. The maximum absolute atomic E-state index is 13.9. The first-order chi connectivity index (χ1) is 10.1. The molecule has 0 unspecified atom stereocenters. The molecule has 0 fully saturated rings. The molecule has 0 saturated heterocycles. The van der Waals surface area contributed by atoms with Gasteiger partial charge in [0.05, 0.1) is 4.47 Å². The molecule has 110 valence electrons. The zero-order chi connectivity index (χ0) is 14.8. The second kappa shape index (κ2) is 5.89. The average molecular weight is 356 g/mol. The summed E-state index contributed by atoms with van der Waals surface area (Å²) >= 11 is 3.05. The zero-order valence-corrected chi connectivity index (χ0v) is 12.5. The van der Waals surface area contributed by atoms with Gasteiger partial charge in [0.1, 0.15) is 24.8 Å². The Hall–Kier alpha value is -1.82. The predicted molar refractivity (Wildman–Crippen MR) is 78.8 cm³/mol. The highest BCUT2D eigenvalue weighted by Crippen LogP contribution is 2.33. The van der Waals surface area contributed by atoms with Crippen LogP contribution in [0, 0.1) is 11.6 Å². The van der Waals surface area contributed by atoms with Crippen LogP contribution in [0.5, 0.6) is 11.5 Å². The van der Waals surface area contributed by atoms with E-state index < -0.39 is 11.6 Å². The highest BCUT2D eigenvalue weighted by molar-refractivity contribution is 9.10. The summed E-state index contributed by atoms with van der Waals surface area (Å²) in [5.41, 5.74) is 0.692. The number of fused-ring (bicyclic) bond motifs is 1. The molecular formula is C15H12BrF2NO2. The van der Waals surface area contributed by atoms with Crippen molar-refractivity contribution in [3.05, 3.63) is 52.0 Å². The van der Waals surface area contributed by atoms with Crippen LogP contribution in [0.3, 0.4) is 0 Å². The molecule has 0 atom stereocenters. The van der Waals surface area contributed by atoms with Crippen molar-refractivity contribution >= 4 is 21.6 Å². The fourth-order valence-corrected chi connectivity index (χ4v) is 2.45. The topological polar surface area (TPSA) is 30.5 Å². The molecule has 21 heavy (non-hydrogen) atoms. The second-order valence-corrected chi connectivity index (χ2v) is 5.39. The van der Waals surface area contributed by atoms with Gasteiger partial charge in [0, 0.05) is 23.9 Å². The van der Waals surface area contributed by atoms with Gasteiger partial charge in [-0.1, -0.05) is 0 Å². The monoisotopic (exact) mass is 355 g/mol. The van der Waals surface area contributed by atoms with Crippen molar-refractivity contribution < 1.29 is 18.3 Å². The summed E-state index contributed by atoms with van der Waals surface area (Å²) in [6, 6.07) is 7.88. The summed E-state index contributed by atoms with van der Waals surface area (Å²) in [6.07, 6.45) is 0. The molecule has 0 spiro atoms. The van der Waals surface area contributed by atoms with Gasteiger partial charge in [0.15, 0.2) is 11.5 Å². The summed E-state index contributed by atoms with van der Waals surface area (Å²) in [5.74, 6) is 0.119. The van der Waals surface area contributed by atoms with E-state index in [1.165, 1.54) is 12.1 Å². The molecular weight excluding hydrogens is 344 g/mol. The minimum atomic E-state index is -0.597. The number of rotatable bonds is 3. The van der Waals surface area contributed by atoms with Crippen molar-refractivity contribution in [1.29, 1.82) is 0 Å². The molecule has 1 N–H and O–H groups in total. The number of halogens is 3. The van der Waals surface area contributed by atoms with Crippen molar-refractivity contribution in [1.82, 2.24) is 0 Å². The summed E-state index contributed by atoms with van der Waals surface area (Å²) in [4.78, 5) is 0. The highest BCUT2D eigenvalue weighted by atomic mass is 79.9. The van der Waals surface area contributed by atoms with Crippen molar-refractivity contribution in [2.24, 2.45) is 0 Å². The SMILES string of the molecule is Fc1ccc(Br)c(F)c1CNc1ccc2c(c1)OCCO2. The largest absolute Gasteiger partial charge is 0.486 e. The lowest BCUT2D eigenvalue weighted by molar-refractivity contribution is 0.171. The van der Waals surface area contributed by atoms with Crippen LogP contribution < -0.4 is 14.8 Å². The van der Waals surface area contributed by atoms with Gasteiger partial charge >= 0.3 is 0 Å². The van der Waals surface area contributed by atoms with Crippen molar-refractivity contribution in [2.75, 3.05) is 18.5 Å². The third-order valence-corrected chi connectivity index (χ3v) is 3.76. The van der Waals surface area contributed by atoms with Gasteiger partial charge in [0.2, 0.25) is 0 Å². The summed E-state index contributed by atoms with van der Waals surface area (Å²) < 4.78 is 38.6. The van der Waals surface area contributed by atoms with Gasteiger partial charge in [-0.25, -0.2) is 8.78 Å². The lowest BCUT2D eigenvalue weighted by Gasteiger charge is -2.19. The number of anilines is 1. The van der Waals surface area contributed by atoms with E-state index in [-0.39, 0.29) is 16.6 Å². The van der Waals surface area contributed by atoms with E-state index in [0.717, 1.165) is 0 Å². The minimum Gasteiger partial charge on any atom is -0.486 e. The van der Waals surface area contributed by atoms with E-state index in [9.17, 15) is 8.78 Å². The van der Waals surface area contributed by atoms with Crippen LogP contribution in [0.15, 0.2) is 34.8 Å². The second-order valence-electron chi connectivity index (χ2n) is 4.53. The Kier molecular flexibility index (Phi) is 3.96. The van der Waals surface area contributed by atoms with Gasteiger partial charge < -0.3 is 14.8 Å². The van der Waals surface area contributed by atoms with Gasteiger partial charge in [-0.05, 0) is 40.2 Å². The minimum absolute atomic E-state index is 0.0146. The Morgan fingerprint density at radius 2 is 1.81 bits per heavy atom. The third kappa shape index (κ3) is 2.95. The fraction of sp³-hybridized carbons (Fsp3) is 0.200. The lowest BCUT2D eigenvalue weighted by atomic mass is 10.2. The highest BCUT2D eigenvalue weighted by Gasteiger charge is 2.14. The van der Waals surface area contributed by atoms with Crippen LogP contribution in [-0.4, -0.2) is 13.2 Å². The van der Waals surface area contributed by atoms with Crippen LogP contribution in [0.4, 0.5) is 14.5 Å². The first-order valence-corrected chi connectivity index (χ1v) is 7.20. The molecule has 1 aliphatic heterocycles. The molecule has 0 saturated carbocycles. The molecule has 0 aromatic heterocycles. The normalized spacial score (nSPS) is 13.1. The van der Waals surface area contributed by atoms with Crippen LogP contribution in [0.2, 0.25) is 0 Å². The van der Waals surface area contributed by atoms with Crippen LogP contribution in [0.1, 0.15) is 5.56 Å². The van der Waals surface area contributed by atoms with Gasteiger partial charge in [-0.2, -0.15) is 0 Å². The molecule has 3 nitrogen and oxygen atoms in total. The molecule has 0 aliphatic carbocycles. The van der Waals surface area contributed by atoms with E-state index >= 15 is 0 Å². The lowest BCUT2D eigenvalue weighted by Crippen LogP contribution is -2.15. The molecule has 2 aromatic rings. The van der Waals surface area contributed by atoms with E-state index in [0.29, 0.717) is 30.4 Å². The van der Waals surface area contributed by atoms with E-state index in [2.05, 4.69) is 21.2 Å². The van der Waals surface area contributed by atoms with Crippen molar-refractivity contribution in [3.8, 4) is 11.5 Å². The van der Waals surface area contributed by atoms with Crippen LogP contribution in [-0.2, 0) is 6.54 Å². The van der Waals surface area contributed by atoms with Crippen LogP contribution in [0.25, 0.3) is 0 Å². The molecule has 3 rings (SSSR count). The summed E-state index contributed by atoms with van der Waals surface area (Å²) in [5, 5.41) is 2.98. The third-order valence-electron chi connectivity index (χ3n) is 3.15. The summed E-state index contributed by atoms with van der Waals surface area (Å²) in [6.45, 7) is 1.05. The fourth-order valence-electron chi connectivity index (χ4n) is 2.07. The Balaban J connectivity index is 1.78.